The van der Waals surface area contributed by atoms with Crippen molar-refractivity contribution in [1.29, 1.82) is 0 Å². The number of nitrogens with zero attached hydrogens (tertiary/aromatic N) is 1. The summed E-state index contributed by atoms with van der Waals surface area (Å²) in [6, 6.07) is -0.241. The van der Waals surface area contributed by atoms with E-state index < -0.39 is 23.2 Å². The second-order valence-electron chi connectivity index (χ2n) is 7.93. The maximum absolute atomic E-state index is 13.7. The smallest absolute Gasteiger partial charge is 0.327 e. The number of allylic oxidation sites excluding steroid dienone is 8. The Kier molecular flexibility index (Phi) is 6.09. The number of alkyl halides is 1. The lowest BCUT2D eigenvalue weighted by atomic mass is 10.1. The number of hydrogen-bond donors (Lipinski definition) is 4. The van der Waals surface area contributed by atoms with Gasteiger partial charge in [-0.3, -0.25) is 14.8 Å². The van der Waals surface area contributed by atoms with Gasteiger partial charge in [0.2, 0.25) is 0 Å². The molecule has 0 bridgehead atoms. The normalized spacial score (nSPS) is 22.2. The summed E-state index contributed by atoms with van der Waals surface area (Å²) < 4.78 is 27.1. The molecular weight excluding hydrogens is 416 g/mol. The second-order valence-corrected chi connectivity index (χ2v) is 7.93. The molecule has 0 radical (unpaired) electrons. The molecule has 32 heavy (non-hydrogen) atoms. The summed E-state index contributed by atoms with van der Waals surface area (Å²) in [5.74, 6) is -0.429. The Labute approximate surface area is 183 Å². The van der Waals surface area contributed by atoms with E-state index in [-0.39, 0.29) is 6.04 Å². The lowest BCUT2D eigenvalue weighted by Gasteiger charge is -2.37. The average Bonchev–Trinajstić information content (AvgIpc) is 2.99. The molecule has 2 heterocycles. The number of halogens is 2. The predicted molar refractivity (Wildman–Crippen MR) is 122 cm³/mol. The molecule has 1 aromatic heterocycles. The fraction of sp³-hybridized carbons (Fsp3) is 0.304. The van der Waals surface area contributed by atoms with Crippen molar-refractivity contribution in [2.75, 3.05) is 29.9 Å². The van der Waals surface area contributed by atoms with E-state index in [0.717, 1.165) is 22.9 Å². The molecule has 2 atom stereocenters. The van der Waals surface area contributed by atoms with Crippen LogP contribution in [0, 0.1) is 0 Å². The number of nitrogens with one attached hydrogen (secondary N) is 4. The van der Waals surface area contributed by atoms with Crippen molar-refractivity contribution in [2.45, 2.75) is 26.1 Å². The van der Waals surface area contributed by atoms with Crippen LogP contribution in [0.1, 0.15) is 13.8 Å². The molecule has 2 aliphatic carbocycles. The third-order valence-electron chi connectivity index (χ3n) is 5.67. The van der Waals surface area contributed by atoms with Gasteiger partial charge in [0.1, 0.15) is 17.3 Å². The summed E-state index contributed by atoms with van der Waals surface area (Å²) in [5.41, 5.74) is 2.91. The number of anilines is 2. The van der Waals surface area contributed by atoms with Crippen molar-refractivity contribution in [3.8, 4) is 0 Å². The van der Waals surface area contributed by atoms with Crippen molar-refractivity contribution in [3.63, 3.8) is 0 Å². The molecule has 3 aliphatic rings. The highest BCUT2D eigenvalue weighted by Crippen LogP contribution is 2.33. The first kappa shape index (κ1) is 21.8. The highest BCUT2D eigenvalue weighted by Gasteiger charge is 2.31. The fourth-order valence-corrected chi connectivity index (χ4v) is 3.81. The summed E-state index contributed by atoms with van der Waals surface area (Å²) in [6.07, 6.45) is 9.82. The first-order valence-corrected chi connectivity index (χ1v) is 10.4. The summed E-state index contributed by atoms with van der Waals surface area (Å²) in [5, 5.41) is 6.43. The number of H-pyrrole nitrogens is 2. The van der Waals surface area contributed by atoms with E-state index in [9.17, 15) is 18.4 Å². The van der Waals surface area contributed by atoms with Crippen LogP contribution < -0.4 is 26.8 Å². The van der Waals surface area contributed by atoms with Gasteiger partial charge in [-0.2, -0.15) is 0 Å². The first-order valence-electron chi connectivity index (χ1n) is 10.4. The highest BCUT2D eigenvalue weighted by atomic mass is 19.2. The van der Waals surface area contributed by atoms with Gasteiger partial charge in [-0.15, -0.1) is 0 Å². The summed E-state index contributed by atoms with van der Waals surface area (Å²) in [6.45, 7) is 5.27. The van der Waals surface area contributed by atoms with Crippen molar-refractivity contribution < 1.29 is 8.78 Å². The number of rotatable bonds is 5. The number of hydrogen-bond acceptors (Lipinski definition) is 5. The van der Waals surface area contributed by atoms with Crippen LogP contribution in [0.25, 0.3) is 0 Å². The fourth-order valence-electron chi connectivity index (χ4n) is 3.81. The van der Waals surface area contributed by atoms with E-state index in [1.54, 1.807) is 6.08 Å². The maximum atomic E-state index is 13.7. The summed E-state index contributed by atoms with van der Waals surface area (Å²) in [4.78, 5) is 31.3. The van der Waals surface area contributed by atoms with Crippen LogP contribution in [0.5, 0.6) is 0 Å². The van der Waals surface area contributed by atoms with E-state index in [4.69, 9.17) is 0 Å². The number of aromatic amines is 2. The quantitative estimate of drug-likeness (QED) is 0.528. The minimum atomic E-state index is -1.72. The van der Waals surface area contributed by atoms with Crippen LogP contribution in [0.2, 0.25) is 0 Å². The lowest BCUT2D eigenvalue weighted by Crippen LogP contribution is -2.45. The van der Waals surface area contributed by atoms with Gasteiger partial charge in [-0.1, -0.05) is 24.3 Å². The molecule has 4 rings (SSSR count). The van der Waals surface area contributed by atoms with Gasteiger partial charge in [0.25, 0.3) is 5.56 Å². The Morgan fingerprint density at radius 1 is 1.12 bits per heavy atom. The van der Waals surface area contributed by atoms with Gasteiger partial charge in [0, 0.05) is 25.3 Å². The molecule has 0 spiro atoms. The van der Waals surface area contributed by atoms with Crippen LogP contribution in [0.15, 0.2) is 80.4 Å². The van der Waals surface area contributed by atoms with Gasteiger partial charge >= 0.3 is 5.69 Å². The number of aromatic nitrogens is 2. The molecule has 4 N–H and O–H groups in total. The van der Waals surface area contributed by atoms with E-state index in [0.29, 0.717) is 36.7 Å². The van der Waals surface area contributed by atoms with E-state index in [1.807, 2.05) is 37.0 Å². The zero-order chi connectivity index (χ0) is 22.8. The van der Waals surface area contributed by atoms with Crippen LogP contribution in [0.3, 0.4) is 0 Å². The topological polar surface area (TPSA) is 93.0 Å². The predicted octanol–water partition coefficient (Wildman–Crippen LogP) is 2.73. The van der Waals surface area contributed by atoms with Crippen molar-refractivity contribution in [1.82, 2.24) is 15.3 Å². The third kappa shape index (κ3) is 4.43. The largest absolute Gasteiger partial charge is 0.366 e. The molecule has 9 heteroatoms. The van der Waals surface area contributed by atoms with Gasteiger partial charge in [-0.25, -0.2) is 13.6 Å². The van der Waals surface area contributed by atoms with Crippen molar-refractivity contribution in [3.05, 3.63) is 91.6 Å². The first-order chi connectivity index (χ1) is 15.3. The van der Waals surface area contributed by atoms with Crippen LogP contribution in [-0.2, 0) is 0 Å². The van der Waals surface area contributed by atoms with Gasteiger partial charge in [0.05, 0.1) is 6.04 Å². The standard InChI is InChI=1S/C23H25F2N5O2/c1-13-6-7-18-19(10-14(13)2)30(21-20(27-18)22(31)29-23(32)28-21)9-8-26-12-15-4-3-5-16(24)17(25)11-15/h3-7,10-11,16,18,26-27H,8-9,12H2,1-2H3,(H2,28,29,31,32). The molecule has 0 aromatic carbocycles. The third-order valence-corrected chi connectivity index (χ3v) is 5.67. The zero-order valence-corrected chi connectivity index (χ0v) is 17.8. The molecule has 2 unspecified atom stereocenters. The molecule has 0 amide bonds. The minimum absolute atomic E-state index is 0.241. The molecule has 168 valence electrons. The lowest BCUT2D eigenvalue weighted by molar-refractivity contribution is 0.382. The molecule has 0 saturated carbocycles. The average molecular weight is 441 g/mol. The molecular formula is C23H25F2N5O2. The Hall–Kier alpha value is -3.46. The molecule has 0 fully saturated rings. The van der Waals surface area contributed by atoms with E-state index in [1.165, 1.54) is 12.2 Å². The Morgan fingerprint density at radius 3 is 2.75 bits per heavy atom. The Morgan fingerprint density at radius 2 is 1.94 bits per heavy atom. The molecule has 0 saturated heterocycles. The van der Waals surface area contributed by atoms with E-state index >= 15 is 0 Å². The monoisotopic (exact) mass is 441 g/mol. The van der Waals surface area contributed by atoms with Gasteiger partial charge < -0.3 is 15.5 Å². The van der Waals surface area contributed by atoms with Crippen LogP contribution >= 0.6 is 0 Å². The molecule has 1 aliphatic heterocycles. The van der Waals surface area contributed by atoms with Gasteiger partial charge in [-0.05, 0) is 48.8 Å². The van der Waals surface area contributed by atoms with Crippen molar-refractivity contribution in [2.24, 2.45) is 0 Å². The Balaban J connectivity index is 1.57. The van der Waals surface area contributed by atoms with E-state index in [2.05, 4.69) is 20.6 Å². The molecule has 1 aromatic rings. The number of fused-ring (bicyclic) bond motifs is 2. The highest BCUT2D eigenvalue weighted by molar-refractivity contribution is 5.73. The Bertz CT molecular complexity index is 1220. The minimum Gasteiger partial charge on any atom is -0.366 e. The van der Waals surface area contributed by atoms with Crippen molar-refractivity contribution >= 4 is 11.5 Å². The van der Waals surface area contributed by atoms with Crippen LogP contribution in [-0.4, -0.2) is 41.8 Å². The van der Waals surface area contributed by atoms with Gasteiger partial charge in [0.15, 0.2) is 6.17 Å². The zero-order valence-electron chi connectivity index (χ0n) is 17.8. The maximum Gasteiger partial charge on any atom is 0.327 e. The van der Waals surface area contributed by atoms with Crippen LogP contribution in [0.4, 0.5) is 20.3 Å². The summed E-state index contributed by atoms with van der Waals surface area (Å²) in [7, 11) is 0. The molecule has 7 nitrogen and oxygen atoms in total. The summed E-state index contributed by atoms with van der Waals surface area (Å²) >= 11 is 0. The SMILES string of the molecule is CC1=C(C)C=C2C(C=C1)Nc1c([nH]c(=O)[nH]c1=O)N2CCNCC1=CC=CC(F)C(F)=C1. The second kappa shape index (κ2) is 8.96.